The molecule has 1 atom stereocenters. The van der Waals surface area contributed by atoms with Crippen LogP contribution in [-0.4, -0.2) is 25.2 Å². The molecule has 1 amide bonds. The van der Waals surface area contributed by atoms with Crippen LogP contribution in [0.1, 0.15) is 55.8 Å². The number of carbonyl (C=O) groups excluding carboxylic acids is 1. The highest BCUT2D eigenvalue weighted by Crippen LogP contribution is 2.41. The molecule has 0 unspecified atom stereocenters. The fourth-order valence-electron chi connectivity index (χ4n) is 4.27. The van der Waals surface area contributed by atoms with Gasteiger partial charge < -0.3 is 19.5 Å². The van der Waals surface area contributed by atoms with E-state index < -0.39 is 0 Å². The van der Waals surface area contributed by atoms with E-state index in [0.29, 0.717) is 6.42 Å². The number of carbonyl (C=O) groups is 1. The van der Waals surface area contributed by atoms with E-state index in [0.717, 1.165) is 35.7 Å². The summed E-state index contributed by atoms with van der Waals surface area (Å²) < 4.78 is 17.2. The van der Waals surface area contributed by atoms with Gasteiger partial charge in [0.1, 0.15) is 22.8 Å². The highest BCUT2D eigenvalue weighted by molar-refractivity contribution is 5.78. The average molecular weight is 395 g/mol. The molecular formula is C24H29NO4. The van der Waals surface area contributed by atoms with Crippen LogP contribution < -0.4 is 19.5 Å². The summed E-state index contributed by atoms with van der Waals surface area (Å²) in [6, 6.07) is 11.7. The van der Waals surface area contributed by atoms with E-state index in [9.17, 15) is 4.79 Å². The van der Waals surface area contributed by atoms with E-state index in [1.807, 2.05) is 38.1 Å². The van der Waals surface area contributed by atoms with Crippen molar-refractivity contribution in [3.8, 4) is 17.2 Å². The number of methoxy groups -OCH3 is 1. The van der Waals surface area contributed by atoms with Crippen LogP contribution in [0.2, 0.25) is 0 Å². The number of hydrogen-bond donors (Lipinski definition) is 1. The SMILES string of the molecule is COc1ccc2c(c1)[C@H](NC(=O)COc1ccc3c(c1)CCCC3)CC(C)(C)O2. The molecular weight excluding hydrogens is 366 g/mol. The summed E-state index contributed by atoms with van der Waals surface area (Å²) in [5.74, 6) is 2.15. The number of amides is 1. The van der Waals surface area contributed by atoms with E-state index in [1.54, 1.807) is 7.11 Å². The molecule has 0 spiro atoms. The molecule has 2 aromatic carbocycles. The lowest BCUT2D eigenvalue weighted by molar-refractivity contribution is -0.124. The Morgan fingerprint density at radius 2 is 1.86 bits per heavy atom. The number of nitrogens with one attached hydrogen (secondary N) is 1. The van der Waals surface area contributed by atoms with Gasteiger partial charge in [0, 0.05) is 12.0 Å². The van der Waals surface area contributed by atoms with Crippen molar-refractivity contribution < 1.29 is 19.0 Å². The van der Waals surface area contributed by atoms with Crippen molar-refractivity contribution in [3.05, 3.63) is 53.1 Å². The lowest BCUT2D eigenvalue weighted by Gasteiger charge is -2.38. The number of rotatable bonds is 5. The van der Waals surface area contributed by atoms with Crippen LogP contribution in [0.4, 0.5) is 0 Å². The van der Waals surface area contributed by atoms with Gasteiger partial charge >= 0.3 is 0 Å². The zero-order valence-corrected chi connectivity index (χ0v) is 17.4. The van der Waals surface area contributed by atoms with Crippen molar-refractivity contribution in [1.82, 2.24) is 5.32 Å². The Morgan fingerprint density at radius 1 is 1.10 bits per heavy atom. The maximum Gasteiger partial charge on any atom is 0.258 e. The van der Waals surface area contributed by atoms with Crippen LogP contribution in [0.25, 0.3) is 0 Å². The minimum Gasteiger partial charge on any atom is -0.497 e. The smallest absolute Gasteiger partial charge is 0.258 e. The predicted molar refractivity (Wildman–Crippen MR) is 112 cm³/mol. The summed E-state index contributed by atoms with van der Waals surface area (Å²) >= 11 is 0. The molecule has 1 heterocycles. The van der Waals surface area contributed by atoms with Crippen LogP contribution in [0.5, 0.6) is 17.2 Å². The third-order valence-electron chi connectivity index (χ3n) is 5.70. The molecule has 4 rings (SSSR count). The molecule has 5 heteroatoms. The molecule has 2 aliphatic rings. The van der Waals surface area contributed by atoms with Gasteiger partial charge in [0.25, 0.3) is 5.91 Å². The zero-order valence-electron chi connectivity index (χ0n) is 17.4. The van der Waals surface area contributed by atoms with Crippen molar-refractivity contribution in [1.29, 1.82) is 0 Å². The summed E-state index contributed by atoms with van der Waals surface area (Å²) in [5.41, 5.74) is 3.33. The molecule has 2 aromatic rings. The Kier molecular flexibility index (Phi) is 5.39. The van der Waals surface area contributed by atoms with Gasteiger partial charge in [0.05, 0.1) is 13.2 Å². The number of aryl methyl sites for hydroxylation is 2. The number of benzene rings is 2. The van der Waals surface area contributed by atoms with Crippen LogP contribution >= 0.6 is 0 Å². The van der Waals surface area contributed by atoms with Crippen molar-refractivity contribution in [3.63, 3.8) is 0 Å². The van der Waals surface area contributed by atoms with Crippen molar-refractivity contribution >= 4 is 5.91 Å². The van der Waals surface area contributed by atoms with Crippen LogP contribution in [0.15, 0.2) is 36.4 Å². The normalized spacial score (nSPS) is 19.3. The first-order valence-corrected chi connectivity index (χ1v) is 10.3. The predicted octanol–water partition coefficient (Wildman–Crippen LogP) is 4.37. The van der Waals surface area contributed by atoms with E-state index >= 15 is 0 Å². The summed E-state index contributed by atoms with van der Waals surface area (Å²) in [6.45, 7) is 4.06. The van der Waals surface area contributed by atoms with Crippen molar-refractivity contribution in [2.24, 2.45) is 0 Å². The number of hydrogen-bond acceptors (Lipinski definition) is 4. The van der Waals surface area contributed by atoms with E-state index in [1.165, 1.54) is 24.0 Å². The average Bonchev–Trinajstić information content (AvgIpc) is 2.71. The maximum atomic E-state index is 12.6. The minimum atomic E-state index is -0.362. The molecule has 1 N–H and O–H groups in total. The van der Waals surface area contributed by atoms with Crippen molar-refractivity contribution in [2.75, 3.05) is 13.7 Å². The molecule has 0 saturated carbocycles. The van der Waals surface area contributed by atoms with Gasteiger partial charge in [-0.2, -0.15) is 0 Å². The number of fused-ring (bicyclic) bond motifs is 2. The molecule has 154 valence electrons. The number of ether oxygens (including phenoxy) is 3. The van der Waals surface area contributed by atoms with Gasteiger partial charge in [0.2, 0.25) is 0 Å². The second kappa shape index (κ2) is 7.97. The maximum absolute atomic E-state index is 12.6. The van der Waals surface area contributed by atoms with E-state index in [-0.39, 0.29) is 24.2 Å². The van der Waals surface area contributed by atoms with Gasteiger partial charge in [0.15, 0.2) is 6.61 Å². The highest BCUT2D eigenvalue weighted by atomic mass is 16.5. The monoisotopic (exact) mass is 395 g/mol. The fraction of sp³-hybridized carbons (Fsp3) is 0.458. The minimum absolute atomic E-state index is 0.00409. The quantitative estimate of drug-likeness (QED) is 0.817. The Labute approximate surface area is 172 Å². The lowest BCUT2D eigenvalue weighted by atomic mass is 9.89. The molecule has 0 aromatic heterocycles. The van der Waals surface area contributed by atoms with Gasteiger partial charge in [-0.3, -0.25) is 4.79 Å². The van der Waals surface area contributed by atoms with Crippen LogP contribution in [-0.2, 0) is 17.6 Å². The van der Waals surface area contributed by atoms with Gasteiger partial charge in [-0.05, 0) is 81.0 Å². The highest BCUT2D eigenvalue weighted by Gasteiger charge is 2.34. The van der Waals surface area contributed by atoms with E-state index in [4.69, 9.17) is 14.2 Å². The standard InChI is InChI=1S/C24H29NO4/c1-24(2)14-21(20-13-18(27-3)10-11-22(20)29-24)25-23(26)15-28-19-9-8-16-6-4-5-7-17(16)12-19/h8-13,21H,4-7,14-15H2,1-3H3,(H,25,26)/t21-/m1/s1. The first kappa shape index (κ1) is 19.6. The molecule has 0 fully saturated rings. The molecule has 29 heavy (non-hydrogen) atoms. The first-order valence-electron chi connectivity index (χ1n) is 10.3. The summed E-state index contributed by atoms with van der Waals surface area (Å²) in [5, 5.41) is 3.12. The van der Waals surface area contributed by atoms with Crippen LogP contribution in [0, 0.1) is 0 Å². The van der Waals surface area contributed by atoms with Gasteiger partial charge in [-0.15, -0.1) is 0 Å². The third kappa shape index (κ3) is 4.50. The molecule has 1 aliphatic heterocycles. The Morgan fingerprint density at radius 3 is 2.66 bits per heavy atom. The third-order valence-corrected chi connectivity index (χ3v) is 5.70. The Hall–Kier alpha value is -2.69. The topological polar surface area (TPSA) is 56.8 Å². The Bertz CT molecular complexity index is 906. The zero-order chi connectivity index (χ0) is 20.4. The van der Waals surface area contributed by atoms with Crippen LogP contribution in [0.3, 0.4) is 0 Å². The summed E-state index contributed by atoms with van der Waals surface area (Å²) in [7, 11) is 1.63. The molecule has 1 aliphatic carbocycles. The Balaban J connectivity index is 1.43. The van der Waals surface area contributed by atoms with Gasteiger partial charge in [-0.1, -0.05) is 6.07 Å². The first-order chi connectivity index (χ1) is 13.9. The fourth-order valence-corrected chi connectivity index (χ4v) is 4.27. The molecule has 0 bridgehead atoms. The molecule has 0 saturated heterocycles. The second-order valence-electron chi connectivity index (χ2n) is 8.52. The summed E-state index contributed by atoms with van der Waals surface area (Å²) in [6.07, 6.45) is 5.38. The lowest BCUT2D eigenvalue weighted by Crippen LogP contribution is -2.42. The van der Waals surface area contributed by atoms with Gasteiger partial charge in [-0.25, -0.2) is 0 Å². The largest absolute Gasteiger partial charge is 0.497 e. The summed E-state index contributed by atoms with van der Waals surface area (Å²) in [4.78, 5) is 12.6. The van der Waals surface area contributed by atoms with E-state index in [2.05, 4.69) is 17.4 Å². The molecule has 0 radical (unpaired) electrons. The molecule has 5 nitrogen and oxygen atoms in total. The second-order valence-corrected chi connectivity index (χ2v) is 8.52. The van der Waals surface area contributed by atoms with Crippen molar-refractivity contribution in [2.45, 2.75) is 57.6 Å².